The maximum absolute atomic E-state index is 12.4. The number of carbonyl (C=O) groups is 1. The third-order valence-corrected chi connectivity index (χ3v) is 6.96. The molecular formula is C26H54NO6P. The van der Waals surface area contributed by atoms with Gasteiger partial charge in [-0.25, -0.2) is 0 Å². The Morgan fingerprint density at radius 1 is 0.735 bits per heavy atom. The smallest absolute Gasteiger partial charge is 0.309 e. The Bertz CT molecular complexity index is 538. The summed E-state index contributed by atoms with van der Waals surface area (Å²) in [5.41, 5.74) is 0. The molecule has 0 rings (SSSR count). The molecule has 0 aromatic carbocycles. The molecule has 2 unspecified atom stereocenters. The molecule has 204 valence electrons. The number of hydrogen-bond donors (Lipinski definition) is 0. The van der Waals surface area contributed by atoms with Crippen molar-refractivity contribution in [1.29, 1.82) is 0 Å². The number of ether oxygens (including phenoxy) is 1. The molecule has 0 fully saturated rings. The highest BCUT2D eigenvalue weighted by atomic mass is 31.2. The molecule has 0 N–H and O–H groups in total. The van der Waals surface area contributed by atoms with Crippen LogP contribution in [0.4, 0.5) is 0 Å². The Morgan fingerprint density at radius 3 is 1.74 bits per heavy atom. The minimum absolute atomic E-state index is 0.0572. The predicted octanol–water partition coefficient (Wildman–Crippen LogP) is 6.24. The number of quaternary nitrogens is 1. The number of phosphoric ester groups is 1. The minimum Gasteiger partial charge on any atom is -0.756 e. The quantitative estimate of drug-likeness (QED) is 0.0665. The minimum atomic E-state index is -4.37. The van der Waals surface area contributed by atoms with Gasteiger partial charge in [0.1, 0.15) is 19.8 Å². The molecule has 0 aromatic heterocycles. The lowest BCUT2D eigenvalue weighted by molar-refractivity contribution is -0.870. The van der Waals surface area contributed by atoms with E-state index in [0.717, 1.165) is 32.1 Å². The van der Waals surface area contributed by atoms with Crippen LogP contribution in [0, 0.1) is 5.92 Å². The van der Waals surface area contributed by atoms with Crippen LogP contribution >= 0.6 is 7.82 Å². The summed E-state index contributed by atoms with van der Waals surface area (Å²) in [5, 5.41) is 0. The lowest BCUT2D eigenvalue weighted by atomic mass is 9.96. The van der Waals surface area contributed by atoms with Crippen LogP contribution in [-0.4, -0.2) is 58.0 Å². The van der Waals surface area contributed by atoms with Crippen molar-refractivity contribution in [3.63, 3.8) is 0 Å². The molecule has 0 radical (unpaired) electrons. The van der Waals surface area contributed by atoms with E-state index >= 15 is 0 Å². The van der Waals surface area contributed by atoms with Crippen molar-refractivity contribution in [3.05, 3.63) is 0 Å². The summed E-state index contributed by atoms with van der Waals surface area (Å²) >= 11 is 0. The molecule has 34 heavy (non-hydrogen) atoms. The molecule has 8 heteroatoms. The third-order valence-electron chi connectivity index (χ3n) is 5.97. The van der Waals surface area contributed by atoms with Crippen LogP contribution in [0.5, 0.6) is 0 Å². The molecular weight excluding hydrogens is 453 g/mol. The van der Waals surface area contributed by atoms with Crippen molar-refractivity contribution in [2.45, 2.75) is 110 Å². The van der Waals surface area contributed by atoms with Crippen LogP contribution in [0.1, 0.15) is 110 Å². The maximum Gasteiger partial charge on any atom is 0.309 e. The number of nitrogens with zero attached hydrogens (tertiary/aromatic N) is 1. The summed E-state index contributed by atoms with van der Waals surface area (Å²) in [7, 11) is 1.47. The molecule has 0 aliphatic heterocycles. The molecule has 0 aliphatic rings. The molecule has 0 saturated carbocycles. The van der Waals surface area contributed by atoms with Crippen LogP contribution < -0.4 is 4.89 Å². The lowest BCUT2D eigenvalue weighted by Gasteiger charge is -2.27. The van der Waals surface area contributed by atoms with E-state index in [1.165, 1.54) is 64.2 Å². The zero-order chi connectivity index (χ0) is 25.7. The third kappa shape index (κ3) is 22.0. The molecule has 2 atom stereocenters. The predicted molar refractivity (Wildman–Crippen MR) is 137 cm³/mol. The topological polar surface area (TPSA) is 84.9 Å². The van der Waals surface area contributed by atoms with Gasteiger partial charge in [-0.2, -0.15) is 0 Å². The van der Waals surface area contributed by atoms with Gasteiger partial charge >= 0.3 is 5.97 Å². The van der Waals surface area contributed by atoms with E-state index in [1.54, 1.807) is 0 Å². The molecule has 0 heterocycles. The second-order valence-electron chi connectivity index (χ2n) is 10.5. The summed E-state index contributed by atoms with van der Waals surface area (Å²) < 4.78 is 27.3. The Kier molecular flexibility index (Phi) is 20.4. The van der Waals surface area contributed by atoms with Gasteiger partial charge in [-0.15, -0.1) is 0 Å². The zero-order valence-electron chi connectivity index (χ0n) is 22.9. The summed E-state index contributed by atoms with van der Waals surface area (Å²) in [5.74, 6) is -0.367. The van der Waals surface area contributed by atoms with Crippen molar-refractivity contribution in [3.8, 4) is 0 Å². The van der Waals surface area contributed by atoms with E-state index in [-0.39, 0.29) is 31.7 Å². The summed E-state index contributed by atoms with van der Waals surface area (Å²) in [6.45, 7) is 4.62. The monoisotopic (exact) mass is 507 g/mol. The average Bonchev–Trinajstić information content (AvgIpc) is 2.75. The van der Waals surface area contributed by atoms with Crippen molar-refractivity contribution >= 4 is 13.8 Å². The average molecular weight is 508 g/mol. The number of unbranched alkanes of at least 4 members (excludes halogenated alkanes) is 11. The highest BCUT2D eigenvalue weighted by Crippen LogP contribution is 2.37. The number of carbonyl (C=O) groups excluding carboxylic acids is 1. The molecule has 0 aromatic rings. The summed E-state index contributed by atoms with van der Waals surface area (Å²) in [4.78, 5) is 24.2. The van der Waals surface area contributed by atoms with Gasteiger partial charge in [-0.05, 0) is 12.8 Å². The fourth-order valence-corrected chi connectivity index (χ4v) is 4.51. The fourth-order valence-electron chi connectivity index (χ4n) is 3.83. The Morgan fingerprint density at radius 2 is 1.24 bits per heavy atom. The van der Waals surface area contributed by atoms with Crippen LogP contribution in [0.2, 0.25) is 0 Å². The van der Waals surface area contributed by atoms with Crippen LogP contribution in [0.15, 0.2) is 0 Å². The van der Waals surface area contributed by atoms with E-state index < -0.39 is 7.82 Å². The second kappa shape index (κ2) is 20.7. The maximum atomic E-state index is 12.4. The number of phosphoric acid groups is 1. The Hall–Kier alpha value is -0.460. The van der Waals surface area contributed by atoms with Gasteiger partial charge in [0.2, 0.25) is 0 Å². The standard InChI is InChI=1S/C26H54NO6P/c1-6-8-9-10-11-12-13-14-15-16-17-18-20-25(19-7-2)26(28)31-23-24-33-34(29,30)32-22-21-27(3,4)5/h25H,6-24H2,1-5H3. The van der Waals surface area contributed by atoms with Crippen molar-refractivity contribution in [1.82, 2.24) is 0 Å². The van der Waals surface area contributed by atoms with Gasteiger partial charge < -0.3 is 23.2 Å². The van der Waals surface area contributed by atoms with Gasteiger partial charge in [0, 0.05) is 0 Å². The van der Waals surface area contributed by atoms with E-state index in [9.17, 15) is 14.3 Å². The first-order chi connectivity index (χ1) is 16.1. The molecule has 0 saturated heterocycles. The van der Waals surface area contributed by atoms with Gasteiger partial charge in [-0.1, -0.05) is 97.3 Å². The number of esters is 1. The van der Waals surface area contributed by atoms with Crippen molar-refractivity contribution in [2.75, 3.05) is 47.5 Å². The zero-order valence-corrected chi connectivity index (χ0v) is 23.8. The first-order valence-corrected chi connectivity index (χ1v) is 15.1. The van der Waals surface area contributed by atoms with Gasteiger partial charge in [-0.3, -0.25) is 9.36 Å². The largest absolute Gasteiger partial charge is 0.756 e. The van der Waals surface area contributed by atoms with Gasteiger partial charge in [0.15, 0.2) is 0 Å². The van der Waals surface area contributed by atoms with Crippen molar-refractivity contribution in [2.24, 2.45) is 5.92 Å². The number of likely N-dealkylation sites (N-methyl/N-ethyl adjacent to an activating group) is 1. The lowest BCUT2D eigenvalue weighted by Crippen LogP contribution is -2.37. The van der Waals surface area contributed by atoms with Crippen LogP contribution in [0.3, 0.4) is 0 Å². The first-order valence-electron chi connectivity index (χ1n) is 13.7. The fraction of sp³-hybridized carbons (Fsp3) is 0.962. The SMILES string of the molecule is CCCCCCCCCCCCCCC(CCC)C(=O)OCCOP(=O)([O-])OCC[N+](C)(C)C. The first kappa shape index (κ1) is 33.5. The van der Waals surface area contributed by atoms with Crippen molar-refractivity contribution < 1.29 is 32.5 Å². The highest BCUT2D eigenvalue weighted by Gasteiger charge is 2.19. The number of hydrogen-bond acceptors (Lipinski definition) is 6. The van der Waals surface area contributed by atoms with E-state index in [2.05, 4.69) is 13.8 Å². The highest BCUT2D eigenvalue weighted by molar-refractivity contribution is 7.45. The van der Waals surface area contributed by atoms with Crippen LogP contribution in [-0.2, 0) is 23.1 Å². The second-order valence-corrected chi connectivity index (χ2v) is 11.9. The van der Waals surface area contributed by atoms with E-state index in [4.69, 9.17) is 13.8 Å². The van der Waals surface area contributed by atoms with Gasteiger partial charge in [0.25, 0.3) is 7.82 Å². The molecule has 0 aliphatic carbocycles. The Balaban J connectivity index is 3.88. The van der Waals surface area contributed by atoms with Crippen LogP contribution in [0.25, 0.3) is 0 Å². The normalized spacial score (nSPS) is 14.6. The van der Waals surface area contributed by atoms with Gasteiger partial charge in [0.05, 0.1) is 33.7 Å². The van der Waals surface area contributed by atoms with E-state index in [0.29, 0.717) is 11.0 Å². The number of rotatable bonds is 24. The molecule has 0 amide bonds. The molecule has 0 bridgehead atoms. The summed E-state index contributed by atoms with van der Waals surface area (Å²) in [6, 6.07) is 0. The molecule has 7 nitrogen and oxygen atoms in total. The van der Waals surface area contributed by atoms with E-state index in [1.807, 2.05) is 21.1 Å². The summed E-state index contributed by atoms with van der Waals surface area (Å²) in [6.07, 6.45) is 18.1. The molecule has 0 spiro atoms. The Labute approximate surface area is 210 Å².